The van der Waals surface area contributed by atoms with E-state index in [0.29, 0.717) is 42.5 Å². The summed E-state index contributed by atoms with van der Waals surface area (Å²) >= 11 is 0. The van der Waals surface area contributed by atoms with E-state index in [0.717, 1.165) is 5.57 Å². The molecular weight excluding hydrogens is 455 g/mol. The van der Waals surface area contributed by atoms with Crippen molar-refractivity contribution in [3.05, 3.63) is 54.6 Å². The largest absolute Gasteiger partial charge is 0.444 e. The Bertz CT molecular complexity index is 1410. The van der Waals surface area contributed by atoms with Crippen LogP contribution in [0.15, 0.2) is 43.0 Å². The Balaban J connectivity index is 1.36. The van der Waals surface area contributed by atoms with Gasteiger partial charge in [-0.1, -0.05) is 6.08 Å². The van der Waals surface area contributed by atoms with Crippen molar-refractivity contribution in [1.82, 2.24) is 44.7 Å². The lowest BCUT2D eigenvalue weighted by molar-refractivity contribution is 0.0270. The molecule has 0 spiro atoms. The molecule has 4 heterocycles. The first-order valence-corrected chi connectivity index (χ1v) is 11.0. The first-order valence-electron chi connectivity index (χ1n) is 11.0. The van der Waals surface area contributed by atoms with Crippen molar-refractivity contribution in [3.8, 4) is 5.69 Å². The van der Waals surface area contributed by atoms with E-state index in [9.17, 15) is 9.18 Å². The highest BCUT2D eigenvalue weighted by Gasteiger charge is 2.25. The molecule has 0 bridgehead atoms. The van der Waals surface area contributed by atoms with Gasteiger partial charge < -0.3 is 15.0 Å². The molecule has 0 fully saturated rings. The summed E-state index contributed by atoms with van der Waals surface area (Å²) in [5.41, 5.74) is 1.55. The van der Waals surface area contributed by atoms with E-state index in [1.165, 1.54) is 17.1 Å². The van der Waals surface area contributed by atoms with Gasteiger partial charge in [0.2, 0.25) is 5.65 Å². The van der Waals surface area contributed by atoms with Gasteiger partial charge in [0.1, 0.15) is 17.7 Å². The molecule has 1 aromatic carbocycles. The van der Waals surface area contributed by atoms with Crippen LogP contribution in [0.5, 0.6) is 0 Å². The third-order valence-electron chi connectivity index (χ3n) is 5.29. The molecule has 0 saturated carbocycles. The number of benzene rings is 1. The van der Waals surface area contributed by atoms with Crippen LogP contribution >= 0.6 is 0 Å². The topological polar surface area (TPSA) is 128 Å². The van der Waals surface area contributed by atoms with Crippen LogP contribution in [-0.2, 0) is 4.74 Å². The number of fused-ring (bicyclic) bond motifs is 1. The average molecular weight is 478 g/mol. The molecule has 35 heavy (non-hydrogen) atoms. The first kappa shape index (κ1) is 22.4. The van der Waals surface area contributed by atoms with Gasteiger partial charge in [0.25, 0.3) is 0 Å². The average Bonchev–Trinajstić information content (AvgIpc) is 3.50. The molecule has 5 rings (SSSR count). The van der Waals surface area contributed by atoms with Crippen LogP contribution in [0.2, 0.25) is 0 Å². The molecule has 12 nitrogen and oxygen atoms in total. The first-order chi connectivity index (χ1) is 16.8. The van der Waals surface area contributed by atoms with Gasteiger partial charge in [0.15, 0.2) is 11.6 Å². The van der Waals surface area contributed by atoms with Crippen molar-refractivity contribution in [1.29, 1.82) is 0 Å². The number of halogens is 1. The maximum atomic E-state index is 14.8. The van der Waals surface area contributed by atoms with Gasteiger partial charge in [-0.15, -0.1) is 15.3 Å². The molecular formula is C22H23FN10O2. The molecule has 1 aliphatic rings. The molecule has 0 atom stereocenters. The number of aromatic nitrogens is 8. The van der Waals surface area contributed by atoms with Gasteiger partial charge in [-0.05, 0) is 55.3 Å². The number of tetrazole rings is 1. The molecule has 0 aliphatic carbocycles. The van der Waals surface area contributed by atoms with Crippen LogP contribution in [0.4, 0.5) is 20.7 Å². The Hall–Kier alpha value is -4.42. The van der Waals surface area contributed by atoms with Crippen LogP contribution in [0.1, 0.15) is 33.0 Å². The number of ether oxygens (including phenoxy) is 1. The highest BCUT2D eigenvalue weighted by molar-refractivity contribution is 5.74. The van der Waals surface area contributed by atoms with Gasteiger partial charge in [0, 0.05) is 31.5 Å². The second-order valence-electron chi connectivity index (χ2n) is 8.94. The van der Waals surface area contributed by atoms with E-state index in [-0.39, 0.29) is 11.8 Å². The minimum absolute atomic E-state index is 0.219. The number of carbonyl (C=O) groups is 1. The van der Waals surface area contributed by atoms with Crippen molar-refractivity contribution in [3.63, 3.8) is 0 Å². The summed E-state index contributed by atoms with van der Waals surface area (Å²) in [5.74, 6) is 0.495. The fourth-order valence-corrected chi connectivity index (χ4v) is 3.65. The van der Waals surface area contributed by atoms with Crippen LogP contribution in [-0.4, -0.2) is 69.5 Å². The summed E-state index contributed by atoms with van der Waals surface area (Å²) in [4.78, 5) is 18.3. The lowest BCUT2D eigenvalue weighted by Gasteiger charge is -2.29. The molecule has 180 valence electrons. The summed E-state index contributed by atoms with van der Waals surface area (Å²) in [7, 11) is 0. The van der Waals surface area contributed by atoms with Crippen molar-refractivity contribution in [2.24, 2.45) is 0 Å². The third kappa shape index (κ3) is 4.65. The van der Waals surface area contributed by atoms with Gasteiger partial charge in [-0.2, -0.15) is 0 Å². The van der Waals surface area contributed by atoms with E-state index in [1.54, 1.807) is 33.8 Å². The normalized spacial score (nSPS) is 14.2. The van der Waals surface area contributed by atoms with Crippen molar-refractivity contribution < 1.29 is 13.9 Å². The molecule has 1 aliphatic heterocycles. The van der Waals surface area contributed by atoms with E-state index >= 15 is 0 Å². The fraction of sp³-hybridized carbons (Fsp3) is 0.318. The molecule has 1 N–H and O–H groups in total. The lowest BCUT2D eigenvalue weighted by atomic mass is 10.1. The summed E-state index contributed by atoms with van der Waals surface area (Å²) in [6, 6.07) is 4.57. The minimum atomic E-state index is -0.548. The molecule has 0 unspecified atom stereocenters. The highest BCUT2D eigenvalue weighted by Crippen LogP contribution is 2.27. The van der Waals surface area contributed by atoms with Gasteiger partial charge in [0.05, 0.1) is 11.4 Å². The second-order valence-corrected chi connectivity index (χ2v) is 8.94. The quantitative estimate of drug-likeness (QED) is 0.471. The molecule has 1 amide bonds. The van der Waals surface area contributed by atoms with Gasteiger partial charge in [-0.3, -0.25) is 4.40 Å². The number of hydrogen-bond acceptors (Lipinski definition) is 9. The predicted molar refractivity (Wildman–Crippen MR) is 124 cm³/mol. The number of rotatable bonds is 4. The van der Waals surface area contributed by atoms with E-state index in [1.807, 2.05) is 26.8 Å². The summed E-state index contributed by atoms with van der Waals surface area (Å²) < 4.78 is 23.4. The zero-order valence-electron chi connectivity index (χ0n) is 19.4. The number of amides is 1. The summed E-state index contributed by atoms with van der Waals surface area (Å²) in [6.45, 7) is 6.44. The summed E-state index contributed by atoms with van der Waals surface area (Å²) in [5, 5.41) is 22.5. The van der Waals surface area contributed by atoms with Crippen molar-refractivity contribution in [2.45, 2.75) is 32.8 Å². The molecule has 0 saturated heterocycles. The van der Waals surface area contributed by atoms with Gasteiger partial charge >= 0.3 is 6.09 Å². The molecule has 13 heteroatoms. The SMILES string of the molecule is CC(C)(C)OC(=O)N1CC=C(c2nnc3c(Nc4ccc(-n5cnnn5)cc4F)nccn23)CC1. The Morgan fingerprint density at radius 1 is 1.23 bits per heavy atom. The van der Waals surface area contributed by atoms with Gasteiger partial charge in [-0.25, -0.2) is 18.9 Å². The van der Waals surface area contributed by atoms with Crippen LogP contribution < -0.4 is 5.32 Å². The van der Waals surface area contributed by atoms with Crippen molar-refractivity contribution >= 4 is 28.8 Å². The summed E-state index contributed by atoms with van der Waals surface area (Å²) in [6.07, 6.45) is 6.91. The molecule has 3 aromatic heterocycles. The predicted octanol–water partition coefficient (Wildman–Crippen LogP) is 3.01. The number of nitrogens with zero attached hydrogens (tertiary/aromatic N) is 9. The Morgan fingerprint density at radius 2 is 2.09 bits per heavy atom. The molecule has 4 aromatic rings. The van der Waals surface area contributed by atoms with Crippen LogP contribution in [0.3, 0.4) is 0 Å². The van der Waals surface area contributed by atoms with Crippen LogP contribution in [0.25, 0.3) is 16.9 Å². The molecule has 0 radical (unpaired) electrons. The van der Waals surface area contributed by atoms with E-state index < -0.39 is 11.4 Å². The highest BCUT2D eigenvalue weighted by atomic mass is 19.1. The zero-order chi connectivity index (χ0) is 24.6. The van der Waals surface area contributed by atoms with E-state index in [2.05, 4.69) is 36.0 Å². The Morgan fingerprint density at radius 3 is 2.77 bits per heavy atom. The Kier molecular flexibility index (Phi) is 5.59. The number of anilines is 2. The standard InChI is InChI=1S/C22H23FN10O2/c1-22(2,3)35-21(34)31-9-6-14(7-10-31)19-27-28-20-18(24-8-11-32(19)20)26-17-5-4-15(12-16(17)23)33-13-25-29-30-33/h4-6,8,11-13H,7,9-10H2,1-3H3,(H,24,26). The van der Waals surface area contributed by atoms with E-state index in [4.69, 9.17) is 4.74 Å². The number of nitrogens with one attached hydrogen (secondary N) is 1. The maximum Gasteiger partial charge on any atom is 0.410 e. The zero-order valence-corrected chi connectivity index (χ0v) is 19.4. The number of carbonyl (C=O) groups excluding carboxylic acids is 1. The second kappa shape index (κ2) is 8.74. The van der Waals surface area contributed by atoms with Crippen molar-refractivity contribution in [2.75, 3.05) is 18.4 Å². The fourth-order valence-electron chi connectivity index (χ4n) is 3.65. The third-order valence-corrected chi connectivity index (χ3v) is 5.29. The minimum Gasteiger partial charge on any atom is -0.444 e. The number of hydrogen-bond donors (Lipinski definition) is 1. The Labute approximate surface area is 199 Å². The lowest BCUT2D eigenvalue weighted by Crippen LogP contribution is -2.39. The smallest absolute Gasteiger partial charge is 0.410 e. The maximum absolute atomic E-state index is 14.8. The van der Waals surface area contributed by atoms with Crippen LogP contribution in [0, 0.1) is 5.82 Å². The monoisotopic (exact) mass is 478 g/mol.